The number of aromatic nitrogens is 1. The molecule has 0 saturated carbocycles. The first-order valence-electron chi connectivity index (χ1n) is 6.24. The lowest BCUT2D eigenvalue weighted by Crippen LogP contribution is -2.20. The Labute approximate surface area is 147 Å². The Morgan fingerprint density at radius 2 is 1.92 bits per heavy atom. The largest absolute Gasteiger partial charge is 0.573 e. The van der Waals surface area contributed by atoms with Crippen molar-refractivity contribution in [2.75, 3.05) is 4.72 Å². The predicted octanol–water partition coefficient (Wildman–Crippen LogP) is 3.24. The van der Waals surface area contributed by atoms with Gasteiger partial charge in [0.2, 0.25) is 0 Å². The minimum atomic E-state index is -5.03. The molecule has 25 heavy (non-hydrogen) atoms. The first kappa shape index (κ1) is 19.0. The van der Waals surface area contributed by atoms with Crippen LogP contribution in [0.2, 0.25) is 0 Å². The zero-order valence-electron chi connectivity index (χ0n) is 11.9. The second-order valence-corrected chi connectivity index (χ2v) is 7.11. The Balaban J connectivity index is 2.42. The highest BCUT2D eigenvalue weighted by atomic mass is 79.9. The fraction of sp³-hybridized carbons (Fsp3) is 0.0769. The molecule has 0 spiro atoms. The van der Waals surface area contributed by atoms with E-state index in [2.05, 4.69) is 25.7 Å². The Kier molecular flexibility index (Phi) is 5.23. The Morgan fingerprint density at radius 3 is 2.52 bits per heavy atom. The first-order chi connectivity index (χ1) is 11.5. The number of carboxylic acid groups (broad SMARTS) is 1. The number of sulfonamides is 1. The number of carbonyl (C=O) groups is 1. The van der Waals surface area contributed by atoms with Gasteiger partial charge in [0.1, 0.15) is 4.90 Å². The van der Waals surface area contributed by atoms with Gasteiger partial charge in [0.25, 0.3) is 10.0 Å². The third-order valence-electron chi connectivity index (χ3n) is 2.68. The van der Waals surface area contributed by atoms with E-state index in [1.54, 1.807) is 0 Å². The monoisotopic (exact) mass is 440 g/mol. The quantitative estimate of drug-likeness (QED) is 0.738. The molecule has 0 aliphatic heterocycles. The van der Waals surface area contributed by atoms with Crippen LogP contribution in [0.4, 0.5) is 18.9 Å². The topological polar surface area (TPSA) is 106 Å². The number of anilines is 1. The van der Waals surface area contributed by atoms with Crippen LogP contribution in [0.25, 0.3) is 0 Å². The number of ether oxygens (including phenoxy) is 1. The molecule has 12 heteroatoms. The van der Waals surface area contributed by atoms with Crippen molar-refractivity contribution < 1.29 is 36.2 Å². The van der Waals surface area contributed by atoms with Crippen LogP contribution in [0.1, 0.15) is 10.4 Å². The van der Waals surface area contributed by atoms with Crippen molar-refractivity contribution in [2.45, 2.75) is 11.3 Å². The van der Waals surface area contributed by atoms with Gasteiger partial charge in [0.15, 0.2) is 5.75 Å². The van der Waals surface area contributed by atoms with Crippen molar-refractivity contribution in [3.8, 4) is 5.75 Å². The number of halogens is 4. The summed E-state index contributed by atoms with van der Waals surface area (Å²) in [7, 11) is -4.41. The molecule has 0 radical (unpaired) electrons. The molecule has 0 saturated heterocycles. The molecular formula is C13H8BrF3N2O5S. The van der Waals surface area contributed by atoms with Crippen LogP contribution in [0, 0.1) is 0 Å². The van der Waals surface area contributed by atoms with Crippen LogP contribution in [-0.4, -0.2) is 30.8 Å². The molecule has 0 bridgehead atoms. The number of pyridine rings is 1. The van der Waals surface area contributed by atoms with E-state index in [1.807, 2.05) is 4.72 Å². The third kappa shape index (κ3) is 5.06. The van der Waals surface area contributed by atoms with E-state index < -0.39 is 44.3 Å². The molecule has 1 heterocycles. The van der Waals surface area contributed by atoms with E-state index in [-0.39, 0.29) is 4.47 Å². The van der Waals surface area contributed by atoms with Crippen molar-refractivity contribution in [1.29, 1.82) is 0 Å². The van der Waals surface area contributed by atoms with E-state index in [0.29, 0.717) is 0 Å². The average molecular weight is 441 g/mol. The molecule has 134 valence electrons. The lowest BCUT2D eigenvalue weighted by atomic mass is 10.3. The maximum Gasteiger partial charge on any atom is 0.573 e. The zero-order chi connectivity index (χ0) is 18.8. The summed E-state index contributed by atoms with van der Waals surface area (Å²) in [4.78, 5) is 13.8. The predicted molar refractivity (Wildman–Crippen MR) is 82.8 cm³/mol. The Hall–Kier alpha value is -2.34. The molecule has 2 N–H and O–H groups in total. The molecule has 0 fully saturated rings. The van der Waals surface area contributed by atoms with E-state index in [1.165, 1.54) is 6.07 Å². The van der Waals surface area contributed by atoms with Gasteiger partial charge in [-0.3, -0.25) is 9.71 Å². The van der Waals surface area contributed by atoms with E-state index >= 15 is 0 Å². The van der Waals surface area contributed by atoms with Crippen LogP contribution in [0.5, 0.6) is 5.75 Å². The standard InChI is InChI=1S/C13H8BrF3N2O5S/c14-8-1-2-11(24-13(15,16)17)10(4-8)19-25(22,23)9-3-7(12(20)21)5-18-6-9/h1-6,19H,(H,20,21). The molecule has 2 rings (SSSR count). The van der Waals surface area contributed by atoms with Gasteiger partial charge in [-0.25, -0.2) is 13.2 Å². The van der Waals surface area contributed by atoms with Crippen molar-refractivity contribution in [2.24, 2.45) is 0 Å². The fourth-order valence-electron chi connectivity index (χ4n) is 1.68. The van der Waals surface area contributed by atoms with Gasteiger partial charge >= 0.3 is 12.3 Å². The Morgan fingerprint density at radius 1 is 1.24 bits per heavy atom. The molecule has 0 aliphatic rings. The second kappa shape index (κ2) is 6.88. The van der Waals surface area contributed by atoms with Gasteiger partial charge in [-0.2, -0.15) is 0 Å². The van der Waals surface area contributed by atoms with Crippen molar-refractivity contribution in [3.05, 3.63) is 46.7 Å². The molecule has 0 atom stereocenters. The lowest BCUT2D eigenvalue weighted by Gasteiger charge is -2.15. The van der Waals surface area contributed by atoms with Gasteiger partial charge in [-0.15, -0.1) is 13.2 Å². The van der Waals surface area contributed by atoms with Crippen molar-refractivity contribution in [1.82, 2.24) is 4.98 Å². The lowest BCUT2D eigenvalue weighted by molar-refractivity contribution is -0.274. The van der Waals surface area contributed by atoms with Crippen LogP contribution < -0.4 is 9.46 Å². The summed E-state index contributed by atoms with van der Waals surface area (Å²) in [6, 6.07) is 4.03. The number of hydrogen-bond acceptors (Lipinski definition) is 5. The summed E-state index contributed by atoms with van der Waals surface area (Å²) >= 11 is 3.01. The molecule has 2 aromatic rings. The van der Waals surface area contributed by atoms with Gasteiger partial charge in [0.05, 0.1) is 11.3 Å². The minimum Gasteiger partial charge on any atom is -0.478 e. The molecule has 0 amide bonds. The first-order valence-corrected chi connectivity index (χ1v) is 8.52. The second-order valence-electron chi connectivity index (χ2n) is 4.51. The molecule has 1 aromatic carbocycles. The van der Waals surface area contributed by atoms with Gasteiger partial charge in [-0.05, 0) is 24.3 Å². The van der Waals surface area contributed by atoms with Crippen LogP contribution >= 0.6 is 15.9 Å². The molecule has 0 aliphatic carbocycles. The number of aromatic carboxylic acids is 1. The minimum absolute atomic E-state index is 0.289. The van der Waals surface area contributed by atoms with Crippen molar-refractivity contribution in [3.63, 3.8) is 0 Å². The van der Waals surface area contributed by atoms with Gasteiger partial charge in [-0.1, -0.05) is 15.9 Å². The highest BCUT2D eigenvalue weighted by Crippen LogP contribution is 2.34. The average Bonchev–Trinajstić information content (AvgIpc) is 2.48. The number of rotatable bonds is 5. The van der Waals surface area contributed by atoms with Gasteiger partial charge < -0.3 is 9.84 Å². The molecule has 0 unspecified atom stereocenters. The van der Waals surface area contributed by atoms with E-state index in [9.17, 15) is 26.4 Å². The summed E-state index contributed by atoms with van der Waals surface area (Å²) in [5, 5.41) is 8.87. The fourth-order valence-corrected chi connectivity index (χ4v) is 3.09. The Bertz CT molecular complexity index is 918. The van der Waals surface area contributed by atoms with Crippen LogP contribution in [0.15, 0.2) is 46.0 Å². The van der Waals surface area contributed by atoms with Crippen LogP contribution in [0.3, 0.4) is 0 Å². The number of hydrogen-bond donors (Lipinski definition) is 2. The number of nitrogens with zero attached hydrogens (tertiary/aromatic N) is 1. The number of nitrogens with one attached hydrogen (secondary N) is 1. The third-order valence-corrected chi connectivity index (χ3v) is 4.51. The zero-order valence-corrected chi connectivity index (χ0v) is 14.3. The van der Waals surface area contributed by atoms with Gasteiger partial charge in [0, 0.05) is 16.9 Å². The molecule has 1 aromatic heterocycles. The smallest absolute Gasteiger partial charge is 0.478 e. The number of benzene rings is 1. The van der Waals surface area contributed by atoms with Crippen molar-refractivity contribution >= 4 is 37.6 Å². The normalized spacial score (nSPS) is 11.8. The highest BCUT2D eigenvalue weighted by molar-refractivity contribution is 9.10. The summed E-state index contributed by atoms with van der Waals surface area (Å²) in [6.07, 6.45) is -3.24. The van der Waals surface area contributed by atoms with E-state index in [0.717, 1.165) is 30.6 Å². The molecular weight excluding hydrogens is 433 g/mol. The summed E-state index contributed by atoms with van der Waals surface area (Å²) < 4.78 is 67.9. The number of carboxylic acids is 1. The van der Waals surface area contributed by atoms with Crippen LogP contribution in [-0.2, 0) is 10.0 Å². The summed E-state index contributed by atoms with van der Waals surface area (Å²) in [5.74, 6) is -2.19. The summed E-state index contributed by atoms with van der Waals surface area (Å²) in [5.41, 5.74) is -0.892. The SMILES string of the molecule is O=C(O)c1cncc(S(=O)(=O)Nc2cc(Br)ccc2OC(F)(F)F)c1. The number of alkyl halides is 3. The maximum atomic E-state index is 12.4. The maximum absolute atomic E-state index is 12.4. The molecule has 7 nitrogen and oxygen atoms in total. The summed E-state index contributed by atoms with van der Waals surface area (Å²) in [6.45, 7) is 0. The highest BCUT2D eigenvalue weighted by Gasteiger charge is 2.33. The van der Waals surface area contributed by atoms with E-state index in [4.69, 9.17) is 5.11 Å².